The molecule has 0 aromatic rings. The minimum atomic E-state index is 0.643. The Labute approximate surface area is 113 Å². The minimum absolute atomic E-state index is 0.643. The van der Waals surface area contributed by atoms with Crippen molar-refractivity contribution in [3.8, 4) is 0 Å². The summed E-state index contributed by atoms with van der Waals surface area (Å²) in [6.07, 6.45) is 11.6. The lowest BCUT2D eigenvalue weighted by molar-refractivity contribution is 0.115. The van der Waals surface area contributed by atoms with Crippen LogP contribution >= 0.6 is 0 Å². The second-order valence-electron chi connectivity index (χ2n) is 7.29. The molecule has 2 aliphatic heterocycles. The highest BCUT2D eigenvalue weighted by Crippen LogP contribution is 2.38. The SMILES string of the molecule is CC1(CN2CCCN3CCCCC3C2)CCCC1. The van der Waals surface area contributed by atoms with Crippen LogP contribution in [0.25, 0.3) is 0 Å². The lowest BCUT2D eigenvalue weighted by Gasteiger charge is -2.37. The highest BCUT2D eigenvalue weighted by atomic mass is 15.2. The molecule has 0 spiro atoms. The van der Waals surface area contributed by atoms with Gasteiger partial charge in [-0.1, -0.05) is 26.2 Å². The molecule has 0 N–H and O–H groups in total. The van der Waals surface area contributed by atoms with E-state index < -0.39 is 0 Å². The second-order valence-corrected chi connectivity index (χ2v) is 7.29. The van der Waals surface area contributed by atoms with Gasteiger partial charge in [0.25, 0.3) is 0 Å². The number of fused-ring (bicyclic) bond motifs is 1. The van der Waals surface area contributed by atoms with Crippen molar-refractivity contribution in [2.75, 3.05) is 32.7 Å². The Hall–Kier alpha value is -0.0800. The van der Waals surface area contributed by atoms with Crippen molar-refractivity contribution in [1.82, 2.24) is 9.80 Å². The molecule has 0 aromatic carbocycles. The lowest BCUT2D eigenvalue weighted by atomic mass is 9.88. The Bertz CT molecular complexity index is 270. The Kier molecular flexibility index (Phi) is 3.95. The van der Waals surface area contributed by atoms with Crippen LogP contribution in [0.1, 0.15) is 58.3 Å². The third-order valence-corrected chi connectivity index (χ3v) is 5.55. The summed E-state index contributed by atoms with van der Waals surface area (Å²) in [4.78, 5) is 5.59. The number of hydrogen-bond donors (Lipinski definition) is 0. The average molecular weight is 250 g/mol. The van der Waals surface area contributed by atoms with Gasteiger partial charge in [-0.2, -0.15) is 0 Å². The predicted molar refractivity (Wildman–Crippen MR) is 76.8 cm³/mol. The summed E-state index contributed by atoms with van der Waals surface area (Å²) in [5, 5.41) is 0. The van der Waals surface area contributed by atoms with E-state index in [2.05, 4.69) is 16.7 Å². The van der Waals surface area contributed by atoms with E-state index in [1.165, 1.54) is 84.1 Å². The molecule has 0 bridgehead atoms. The van der Waals surface area contributed by atoms with Crippen LogP contribution in [-0.2, 0) is 0 Å². The second kappa shape index (κ2) is 5.50. The molecule has 1 aliphatic carbocycles. The Morgan fingerprint density at radius 3 is 2.56 bits per heavy atom. The van der Waals surface area contributed by atoms with E-state index >= 15 is 0 Å². The average Bonchev–Trinajstić information content (AvgIpc) is 2.68. The van der Waals surface area contributed by atoms with Crippen LogP contribution in [0.4, 0.5) is 0 Å². The van der Waals surface area contributed by atoms with E-state index in [-0.39, 0.29) is 0 Å². The van der Waals surface area contributed by atoms with Crippen LogP contribution in [0.15, 0.2) is 0 Å². The summed E-state index contributed by atoms with van der Waals surface area (Å²) >= 11 is 0. The van der Waals surface area contributed by atoms with Gasteiger partial charge in [0.2, 0.25) is 0 Å². The van der Waals surface area contributed by atoms with Gasteiger partial charge in [-0.05, 0) is 57.2 Å². The van der Waals surface area contributed by atoms with E-state index in [1.807, 2.05) is 0 Å². The highest BCUT2D eigenvalue weighted by molar-refractivity contribution is 4.88. The molecule has 2 nitrogen and oxygen atoms in total. The molecule has 0 radical (unpaired) electrons. The van der Waals surface area contributed by atoms with Gasteiger partial charge in [-0.3, -0.25) is 4.90 Å². The topological polar surface area (TPSA) is 6.48 Å². The van der Waals surface area contributed by atoms with Crippen molar-refractivity contribution < 1.29 is 0 Å². The zero-order chi connectivity index (χ0) is 12.4. The maximum absolute atomic E-state index is 2.81. The first-order valence-electron chi connectivity index (χ1n) is 8.22. The van der Waals surface area contributed by atoms with Crippen LogP contribution in [0.5, 0.6) is 0 Å². The highest BCUT2D eigenvalue weighted by Gasteiger charge is 2.33. The van der Waals surface area contributed by atoms with Gasteiger partial charge in [-0.15, -0.1) is 0 Å². The van der Waals surface area contributed by atoms with Gasteiger partial charge < -0.3 is 4.90 Å². The molecule has 3 rings (SSSR count). The van der Waals surface area contributed by atoms with Crippen LogP contribution in [0, 0.1) is 5.41 Å². The number of hydrogen-bond acceptors (Lipinski definition) is 2. The smallest absolute Gasteiger partial charge is 0.0223 e. The zero-order valence-corrected chi connectivity index (χ0v) is 12.2. The van der Waals surface area contributed by atoms with Crippen molar-refractivity contribution in [3.05, 3.63) is 0 Å². The maximum atomic E-state index is 2.81. The molecular weight excluding hydrogens is 220 g/mol. The summed E-state index contributed by atoms with van der Waals surface area (Å²) in [6, 6.07) is 0.881. The van der Waals surface area contributed by atoms with Crippen molar-refractivity contribution >= 4 is 0 Å². The minimum Gasteiger partial charge on any atom is -0.301 e. The normalized spacial score (nSPS) is 34.2. The molecule has 18 heavy (non-hydrogen) atoms. The summed E-state index contributed by atoms with van der Waals surface area (Å²) in [6.45, 7) is 9.34. The fraction of sp³-hybridized carbons (Fsp3) is 1.00. The van der Waals surface area contributed by atoms with Crippen molar-refractivity contribution in [1.29, 1.82) is 0 Å². The lowest BCUT2D eigenvalue weighted by Crippen LogP contribution is -2.45. The van der Waals surface area contributed by atoms with E-state index in [1.54, 1.807) is 0 Å². The van der Waals surface area contributed by atoms with Gasteiger partial charge in [-0.25, -0.2) is 0 Å². The first-order valence-corrected chi connectivity index (χ1v) is 8.22. The van der Waals surface area contributed by atoms with Crippen LogP contribution < -0.4 is 0 Å². The van der Waals surface area contributed by atoms with Gasteiger partial charge in [0.1, 0.15) is 0 Å². The zero-order valence-electron chi connectivity index (χ0n) is 12.2. The Morgan fingerprint density at radius 2 is 1.72 bits per heavy atom. The Morgan fingerprint density at radius 1 is 0.944 bits per heavy atom. The summed E-state index contributed by atoms with van der Waals surface area (Å²) < 4.78 is 0. The molecule has 1 atom stereocenters. The molecule has 1 saturated carbocycles. The van der Waals surface area contributed by atoms with Gasteiger partial charge >= 0.3 is 0 Å². The van der Waals surface area contributed by atoms with E-state index in [4.69, 9.17) is 0 Å². The quantitative estimate of drug-likeness (QED) is 0.743. The summed E-state index contributed by atoms with van der Waals surface area (Å²) in [5.74, 6) is 0. The molecule has 0 amide bonds. The van der Waals surface area contributed by atoms with E-state index in [0.29, 0.717) is 5.41 Å². The maximum Gasteiger partial charge on any atom is 0.0223 e. The first-order chi connectivity index (χ1) is 8.75. The van der Waals surface area contributed by atoms with Crippen molar-refractivity contribution in [2.24, 2.45) is 5.41 Å². The van der Waals surface area contributed by atoms with Crippen LogP contribution in [0.3, 0.4) is 0 Å². The summed E-state index contributed by atoms with van der Waals surface area (Å²) in [7, 11) is 0. The van der Waals surface area contributed by atoms with Gasteiger partial charge in [0.05, 0.1) is 0 Å². The summed E-state index contributed by atoms with van der Waals surface area (Å²) in [5.41, 5.74) is 0.643. The Balaban J connectivity index is 1.59. The monoisotopic (exact) mass is 250 g/mol. The van der Waals surface area contributed by atoms with Gasteiger partial charge in [0, 0.05) is 19.1 Å². The molecule has 0 aromatic heterocycles. The third kappa shape index (κ3) is 2.91. The molecule has 104 valence electrons. The molecular formula is C16H30N2. The van der Waals surface area contributed by atoms with E-state index in [0.717, 1.165) is 6.04 Å². The molecule has 2 heterocycles. The number of nitrogens with zero attached hydrogens (tertiary/aromatic N) is 2. The standard InChI is InChI=1S/C16H30N2/c1-16(8-3-4-9-16)14-17-10-6-12-18-11-5-2-7-15(18)13-17/h15H,2-14H2,1H3. The third-order valence-electron chi connectivity index (χ3n) is 5.55. The molecule has 3 aliphatic rings. The first kappa shape index (κ1) is 12.9. The molecule has 2 saturated heterocycles. The van der Waals surface area contributed by atoms with Crippen molar-refractivity contribution in [3.63, 3.8) is 0 Å². The fourth-order valence-electron chi connectivity index (χ4n) is 4.52. The molecule has 3 fully saturated rings. The number of piperidine rings is 1. The van der Waals surface area contributed by atoms with Crippen molar-refractivity contribution in [2.45, 2.75) is 64.3 Å². The molecule has 1 unspecified atom stereocenters. The largest absolute Gasteiger partial charge is 0.301 e. The van der Waals surface area contributed by atoms with E-state index in [9.17, 15) is 0 Å². The number of rotatable bonds is 2. The van der Waals surface area contributed by atoms with Crippen LogP contribution in [-0.4, -0.2) is 48.6 Å². The predicted octanol–water partition coefficient (Wildman–Crippen LogP) is 3.13. The molecule has 2 heteroatoms. The van der Waals surface area contributed by atoms with Crippen LogP contribution in [0.2, 0.25) is 0 Å². The van der Waals surface area contributed by atoms with Gasteiger partial charge in [0.15, 0.2) is 0 Å². The fourth-order valence-corrected chi connectivity index (χ4v) is 4.52.